The van der Waals surface area contributed by atoms with Crippen LogP contribution in [0.4, 0.5) is 5.69 Å². The van der Waals surface area contributed by atoms with Gasteiger partial charge in [-0.05, 0) is 30.7 Å². The highest BCUT2D eigenvalue weighted by molar-refractivity contribution is 5.71. The maximum Gasteiger partial charge on any atom is 0.0314 e. The summed E-state index contributed by atoms with van der Waals surface area (Å²) in [5.74, 6) is 0. The zero-order valence-electron chi connectivity index (χ0n) is 10.3. The average molecular weight is 226 g/mol. The Kier molecular flexibility index (Phi) is 5.52. The second-order valence-corrected chi connectivity index (χ2v) is 3.71. The van der Waals surface area contributed by atoms with Crippen LogP contribution in [0.25, 0.3) is 6.08 Å². The van der Waals surface area contributed by atoms with Gasteiger partial charge in [0.15, 0.2) is 0 Å². The Hall–Kier alpha value is -2.09. The lowest BCUT2D eigenvalue weighted by molar-refractivity contribution is 1.48. The molecule has 88 valence electrons. The lowest BCUT2D eigenvalue weighted by atomic mass is 10.1. The minimum absolute atomic E-state index is 0.789. The first-order valence-electron chi connectivity index (χ1n) is 5.51. The summed E-state index contributed by atoms with van der Waals surface area (Å²) in [7, 11) is 1.75. The van der Waals surface area contributed by atoms with E-state index in [1.54, 1.807) is 13.3 Å². The van der Waals surface area contributed by atoms with Gasteiger partial charge in [0.1, 0.15) is 0 Å². The van der Waals surface area contributed by atoms with E-state index in [0.717, 1.165) is 11.3 Å². The van der Waals surface area contributed by atoms with Crippen molar-refractivity contribution in [3.05, 3.63) is 59.7 Å². The summed E-state index contributed by atoms with van der Waals surface area (Å²) in [6.45, 7) is 2.06. The van der Waals surface area contributed by atoms with Crippen molar-refractivity contribution in [3.63, 3.8) is 0 Å². The normalized spacial score (nSPS) is 13.2. The first kappa shape index (κ1) is 13.0. The summed E-state index contributed by atoms with van der Waals surface area (Å²) in [6.07, 6.45) is 11.8. The fourth-order valence-electron chi connectivity index (χ4n) is 1.31. The van der Waals surface area contributed by atoms with Crippen molar-refractivity contribution in [3.8, 4) is 0 Å². The molecule has 0 heterocycles. The lowest BCUT2D eigenvalue weighted by Crippen LogP contribution is -1.83. The summed E-state index contributed by atoms with van der Waals surface area (Å²) in [5.41, 5.74) is 8.76. The van der Waals surface area contributed by atoms with Gasteiger partial charge < -0.3 is 5.73 Å². The van der Waals surface area contributed by atoms with E-state index in [-0.39, 0.29) is 0 Å². The molecule has 1 aromatic carbocycles. The lowest BCUT2D eigenvalue weighted by Gasteiger charge is -1.96. The van der Waals surface area contributed by atoms with Crippen molar-refractivity contribution < 1.29 is 0 Å². The topological polar surface area (TPSA) is 38.4 Å². The quantitative estimate of drug-likeness (QED) is 0.476. The summed E-state index contributed by atoms with van der Waals surface area (Å²) < 4.78 is 0. The van der Waals surface area contributed by atoms with Crippen LogP contribution in [0.2, 0.25) is 0 Å². The van der Waals surface area contributed by atoms with E-state index in [4.69, 9.17) is 5.73 Å². The zero-order chi connectivity index (χ0) is 12.5. The van der Waals surface area contributed by atoms with Gasteiger partial charge in [0.25, 0.3) is 0 Å². The highest BCUT2D eigenvalue weighted by atomic mass is 14.6. The van der Waals surface area contributed by atoms with Crippen LogP contribution in [0.15, 0.2) is 59.1 Å². The van der Waals surface area contributed by atoms with Gasteiger partial charge >= 0.3 is 0 Å². The van der Waals surface area contributed by atoms with E-state index in [0.29, 0.717) is 0 Å². The highest BCUT2D eigenvalue weighted by Gasteiger charge is 1.88. The third-order valence-electron chi connectivity index (χ3n) is 2.15. The van der Waals surface area contributed by atoms with E-state index < -0.39 is 0 Å². The molecule has 0 radical (unpaired) electrons. The van der Waals surface area contributed by atoms with Gasteiger partial charge in [0, 0.05) is 18.9 Å². The molecule has 0 saturated heterocycles. The van der Waals surface area contributed by atoms with Crippen LogP contribution in [0.3, 0.4) is 0 Å². The minimum Gasteiger partial charge on any atom is -0.399 e. The number of anilines is 1. The molecule has 0 unspecified atom stereocenters. The fourth-order valence-corrected chi connectivity index (χ4v) is 1.31. The molecule has 2 heteroatoms. The molecular formula is C15H18N2. The molecule has 0 aromatic heterocycles. The summed E-state index contributed by atoms with van der Waals surface area (Å²) in [6, 6.07) is 7.82. The molecular weight excluding hydrogens is 208 g/mol. The number of allylic oxidation sites excluding steroid dienone is 5. The van der Waals surface area contributed by atoms with Crippen molar-refractivity contribution >= 4 is 18.0 Å². The average Bonchev–Trinajstić information content (AvgIpc) is 2.32. The first-order valence-corrected chi connectivity index (χ1v) is 5.51. The molecule has 0 bridgehead atoms. The molecule has 0 fully saturated rings. The Bertz CT molecular complexity index is 448. The molecule has 0 aliphatic rings. The van der Waals surface area contributed by atoms with Crippen LogP contribution in [0, 0.1) is 0 Å². The smallest absolute Gasteiger partial charge is 0.0314 e. The van der Waals surface area contributed by atoms with Crippen molar-refractivity contribution in [2.24, 2.45) is 4.99 Å². The molecule has 2 N–H and O–H groups in total. The zero-order valence-corrected chi connectivity index (χ0v) is 10.3. The molecule has 2 nitrogen and oxygen atoms in total. The Morgan fingerprint density at radius 3 is 2.47 bits per heavy atom. The molecule has 0 aliphatic carbocycles. The van der Waals surface area contributed by atoms with E-state index in [9.17, 15) is 0 Å². The van der Waals surface area contributed by atoms with Crippen LogP contribution in [-0.4, -0.2) is 13.3 Å². The Morgan fingerprint density at radius 1 is 1.12 bits per heavy atom. The summed E-state index contributed by atoms with van der Waals surface area (Å²) >= 11 is 0. The van der Waals surface area contributed by atoms with E-state index in [1.807, 2.05) is 42.5 Å². The van der Waals surface area contributed by atoms with Crippen LogP contribution in [-0.2, 0) is 0 Å². The predicted molar refractivity (Wildman–Crippen MR) is 77.2 cm³/mol. The van der Waals surface area contributed by atoms with Gasteiger partial charge in [-0.25, -0.2) is 0 Å². The molecule has 0 saturated carbocycles. The van der Waals surface area contributed by atoms with Crippen molar-refractivity contribution in [1.29, 1.82) is 0 Å². The van der Waals surface area contributed by atoms with Crippen molar-refractivity contribution in [2.75, 3.05) is 12.8 Å². The van der Waals surface area contributed by atoms with Gasteiger partial charge in [0.05, 0.1) is 0 Å². The first-order chi connectivity index (χ1) is 8.22. The Morgan fingerprint density at radius 2 is 1.82 bits per heavy atom. The molecule has 1 rings (SSSR count). The van der Waals surface area contributed by atoms with E-state index in [1.165, 1.54) is 5.57 Å². The van der Waals surface area contributed by atoms with Gasteiger partial charge in [-0.2, -0.15) is 0 Å². The number of rotatable bonds is 4. The van der Waals surface area contributed by atoms with Crippen LogP contribution >= 0.6 is 0 Å². The van der Waals surface area contributed by atoms with Crippen molar-refractivity contribution in [1.82, 2.24) is 0 Å². The summed E-state index contributed by atoms with van der Waals surface area (Å²) in [5, 5.41) is 0. The number of hydrogen-bond donors (Lipinski definition) is 1. The number of nitrogen functional groups attached to an aromatic ring is 1. The largest absolute Gasteiger partial charge is 0.399 e. The maximum absolute atomic E-state index is 5.63. The SMILES string of the molecule is CN=C\C=C/C=C/C(C)=C/c1ccc(N)cc1. The third-order valence-corrected chi connectivity index (χ3v) is 2.15. The standard InChI is InChI=1S/C15H18N2/c1-13(6-4-3-5-11-17-2)12-14-7-9-15(16)10-8-14/h3-12H,16H2,1-2H3/b5-3-,6-4+,13-12+,17-11?. The second kappa shape index (κ2) is 7.23. The minimum atomic E-state index is 0.789. The van der Waals surface area contributed by atoms with E-state index in [2.05, 4.69) is 24.1 Å². The number of nitrogens with zero attached hydrogens (tertiary/aromatic N) is 1. The maximum atomic E-state index is 5.63. The molecule has 0 spiro atoms. The number of benzene rings is 1. The summed E-state index contributed by atoms with van der Waals surface area (Å²) in [4.78, 5) is 3.86. The number of nitrogens with two attached hydrogens (primary N) is 1. The van der Waals surface area contributed by atoms with Gasteiger partial charge in [-0.15, -0.1) is 0 Å². The molecule has 0 amide bonds. The molecule has 0 aliphatic heterocycles. The molecule has 1 aromatic rings. The van der Waals surface area contributed by atoms with Gasteiger partial charge in [-0.1, -0.05) is 42.0 Å². The molecule has 17 heavy (non-hydrogen) atoms. The Balaban J connectivity index is 2.63. The van der Waals surface area contributed by atoms with Gasteiger partial charge in [-0.3, -0.25) is 4.99 Å². The predicted octanol–water partition coefficient (Wildman–Crippen LogP) is 3.49. The fraction of sp³-hybridized carbons (Fsp3) is 0.133. The second-order valence-electron chi connectivity index (χ2n) is 3.71. The number of hydrogen-bond acceptors (Lipinski definition) is 2. The van der Waals surface area contributed by atoms with Crippen LogP contribution in [0.5, 0.6) is 0 Å². The van der Waals surface area contributed by atoms with Gasteiger partial charge in [0.2, 0.25) is 0 Å². The third kappa shape index (κ3) is 5.52. The molecule has 0 atom stereocenters. The van der Waals surface area contributed by atoms with Crippen molar-refractivity contribution in [2.45, 2.75) is 6.92 Å². The number of aliphatic imine (C=N–C) groups is 1. The monoisotopic (exact) mass is 226 g/mol. The van der Waals surface area contributed by atoms with E-state index >= 15 is 0 Å². The highest BCUT2D eigenvalue weighted by Crippen LogP contribution is 2.10. The van der Waals surface area contributed by atoms with Crippen LogP contribution in [0.1, 0.15) is 12.5 Å². The van der Waals surface area contributed by atoms with Crippen LogP contribution < -0.4 is 5.73 Å². The Labute approximate surface area is 103 Å².